The van der Waals surface area contributed by atoms with Crippen molar-refractivity contribution in [2.24, 2.45) is 7.05 Å². The third-order valence-corrected chi connectivity index (χ3v) is 6.19. The van der Waals surface area contributed by atoms with Crippen molar-refractivity contribution in [1.29, 1.82) is 5.26 Å². The van der Waals surface area contributed by atoms with Crippen LogP contribution in [0.15, 0.2) is 78.9 Å². The standard InChI is InChI=1S/C27H16N4/c1-29-21-9-6-12-24-27(21)26-17(16-28)7-5-11-23(26)31(24)18-13-14-20-19-8-3-4-10-22(19)30(2)25(20)15-18/h3-15H,2H3. The van der Waals surface area contributed by atoms with Crippen LogP contribution in [0.2, 0.25) is 0 Å². The third-order valence-electron chi connectivity index (χ3n) is 6.19. The number of para-hydroxylation sites is 1. The van der Waals surface area contributed by atoms with Gasteiger partial charge in [-0.15, -0.1) is 0 Å². The molecule has 4 nitrogen and oxygen atoms in total. The van der Waals surface area contributed by atoms with Crippen molar-refractivity contribution in [3.63, 3.8) is 0 Å². The van der Waals surface area contributed by atoms with Gasteiger partial charge in [0.15, 0.2) is 5.69 Å². The van der Waals surface area contributed by atoms with Crippen LogP contribution < -0.4 is 0 Å². The van der Waals surface area contributed by atoms with Gasteiger partial charge < -0.3 is 9.13 Å². The molecule has 0 saturated heterocycles. The van der Waals surface area contributed by atoms with Gasteiger partial charge in [-0.1, -0.05) is 42.5 Å². The van der Waals surface area contributed by atoms with E-state index >= 15 is 0 Å². The molecule has 0 unspecified atom stereocenters. The molecule has 0 aliphatic rings. The van der Waals surface area contributed by atoms with Crippen molar-refractivity contribution in [1.82, 2.24) is 9.13 Å². The number of benzene rings is 4. The lowest BCUT2D eigenvalue weighted by Crippen LogP contribution is -1.95. The monoisotopic (exact) mass is 396 g/mol. The average molecular weight is 396 g/mol. The maximum absolute atomic E-state index is 9.76. The number of hydrogen-bond acceptors (Lipinski definition) is 1. The van der Waals surface area contributed by atoms with E-state index in [0.29, 0.717) is 11.3 Å². The maximum Gasteiger partial charge on any atom is 0.197 e. The predicted octanol–water partition coefficient (Wildman–Crippen LogP) is 6.85. The highest BCUT2D eigenvalue weighted by atomic mass is 15.0. The Hall–Kier alpha value is -4.54. The molecule has 0 amide bonds. The van der Waals surface area contributed by atoms with Crippen molar-refractivity contribution in [3.8, 4) is 11.8 Å². The molecule has 6 aromatic rings. The number of nitriles is 1. The Morgan fingerprint density at radius 2 is 1.48 bits per heavy atom. The van der Waals surface area contributed by atoms with Crippen molar-refractivity contribution in [2.75, 3.05) is 0 Å². The molecular weight excluding hydrogens is 380 g/mol. The van der Waals surface area contributed by atoms with Gasteiger partial charge in [0.1, 0.15) is 0 Å². The molecular formula is C27H16N4. The van der Waals surface area contributed by atoms with E-state index in [1.54, 1.807) is 0 Å². The molecule has 0 fully saturated rings. The Kier molecular flexibility index (Phi) is 3.48. The van der Waals surface area contributed by atoms with E-state index in [4.69, 9.17) is 6.57 Å². The quantitative estimate of drug-likeness (QED) is 0.280. The van der Waals surface area contributed by atoms with Gasteiger partial charge in [0.25, 0.3) is 0 Å². The topological polar surface area (TPSA) is 38.0 Å². The molecule has 2 heterocycles. The highest BCUT2D eigenvalue weighted by Gasteiger charge is 2.18. The summed E-state index contributed by atoms with van der Waals surface area (Å²) in [6, 6.07) is 28.7. The van der Waals surface area contributed by atoms with Gasteiger partial charge in [0.2, 0.25) is 0 Å². The molecule has 0 aliphatic heterocycles. The Morgan fingerprint density at radius 1 is 0.774 bits per heavy atom. The van der Waals surface area contributed by atoms with Gasteiger partial charge in [-0.3, -0.25) is 0 Å². The van der Waals surface area contributed by atoms with Crippen LogP contribution in [0.25, 0.3) is 54.1 Å². The number of aryl methyl sites for hydroxylation is 1. The van der Waals surface area contributed by atoms with Crippen LogP contribution in [0, 0.1) is 17.9 Å². The van der Waals surface area contributed by atoms with Gasteiger partial charge in [-0.2, -0.15) is 5.26 Å². The molecule has 144 valence electrons. The molecule has 4 aromatic carbocycles. The van der Waals surface area contributed by atoms with Crippen LogP contribution in [0.4, 0.5) is 5.69 Å². The molecule has 0 aliphatic carbocycles. The number of fused-ring (bicyclic) bond motifs is 6. The number of nitrogens with zero attached hydrogens (tertiary/aromatic N) is 4. The Balaban J connectivity index is 1.79. The minimum absolute atomic E-state index is 0.564. The second-order valence-corrected chi connectivity index (χ2v) is 7.71. The van der Waals surface area contributed by atoms with E-state index in [9.17, 15) is 5.26 Å². The van der Waals surface area contributed by atoms with Gasteiger partial charge in [-0.25, -0.2) is 4.85 Å². The van der Waals surface area contributed by atoms with E-state index in [0.717, 1.165) is 33.0 Å². The molecule has 31 heavy (non-hydrogen) atoms. The molecule has 0 saturated carbocycles. The fraction of sp³-hybridized carbons (Fsp3) is 0.0370. The van der Waals surface area contributed by atoms with Crippen LogP contribution in [0.1, 0.15) is 5.56 Å². The van der Waals surface area contributed by atoms with Crippen LogP contribution in [0.3, 0.4) is 0 Å². The lowest BCUT2D eigenvalue weighted by atomic mass is 10.1. The summed E-state index contributed by atoms with van der Waals surface area (Å²) >= 11 is 0. The van der Waals surface area contributed by atoms with E-state index < -0.39 is 0 Å². The Bertz CT molecular complexity index is 1700. The molecule has 6 rings (SSSR count). The van der Waals surface area contributed by atoms with Crippen molar-refractivity contribution in [3.05, 3.63) is 95.8 Å². The zero-order valence-electron chi connectivity index (χ0n) is 16.8. The highest BCUT2D eigenvalue weighted by Crippen LogP contribution is 2.40. The first-order valence-electron chi connectivity index (χ1n) is 10.0. The fourth-order valence-corrected chi connectivity index (χ4v) is 4.84. The predicted molar refractivity (Wildman–Crippen MR) is 126 cm³/mol. The van der Waals surface area contributed by atoms with E-state index in [1.807, 2.05) is 36.4 Å². The fourth-order valence-electron chi connectivity index (χ4n) is 4.84. The molecule has 0 radical (unpaired) electrons. The number of rotatable bonds is 1. The van der Waals surface area contributed by atoms with Crippen LogP contribution in [-0.2, 0) is 7.05 Å². The van der Waals surface area contributed by atoms with Gasteiger partial charge in [-0.05, 0) is 36.4 Å². The summed E-state index contributed by atoms with van der Waals surface area (Å²) in [4.78, 5) is 3.75. The molecule has 4 heteroatoms. The van der Waals surface area contributed by atoms with Crippen molar-refractivity contribution >= 4 is 49.3 Å². The summed E-state index contributed by atoms with van der Waals surface area (Å²) in [5, 5.41) is 13.9. The Labute approximate surface area is 178 Å². The smallest absolute Gasteiger partial charge is 0.197 e. The largest absolute Gasteiger partial charge is 0.344 e. The van der Waals surface area contributed by atoms with Crippen LogP contribution in [0.5, 0.6) is 0 Å². The van der Waals surface area contributed by atoms with Gasteiger partial charge in [0, 0.05) is 45.3 Å². The number of hydrogen-bond donors (Lipinski definition) is 0. The second kappa shape index (κ2) is 6.23. The minimum atomic E-state index is 0.564. The highest BCUT2D eigenvalue weighted by molar-refractivity contribution is 6.17. The summed E-state index contributed by atoms with van der Waals surface area (Å²) in [7, 11) is 2.09. The molecule has 2 aromatic heterocycles. The van der Waals surface area contributed by atoms with Crippen molar-refractivity contribution in [2.45, 2.75) is 0 Å². The van der Waals surface area contributed by atoms with Gasteiger partial charge >= 0.3 is 0 Å². The lowest BCUT2D eigenvalue weighted by molar-refractivity contribution is 1.01. The van der Waals surface area contributed by atoms with Gasteiger partial charge in [0.05, 0.1) is 29.2 Å². The van der Waals surface area contributed by atoms with E-state index in [2.05, 4.69) is 69.6 Å². The molecule has 0 atom stereocenters. The summed E-state index contributed by atoms with van der Waals surface area (Å²) in [5.74, 6) is 0. The van der Waals surface area contributed by atoms with Crippen LogP contribution in [-0.4, -0.2) is 9.13 Å². The second-order valence-electron chi connectivity index (χ2n) is 7.71. The summed E-state index contributed by atoms with van der Waals surface area (Å²) in [6.07, 6.45) is 0. The zero-order chi connectivity index (χ0) is 21.1. The summed E-state index contributed by atoms with van der Waals surface area (Å²) < 4.78 is 4.38. The Morgan fingerprint density at radius 3 is 2.29 bits per heavy atom. The van der Waals surface area contributed by atoms with Crippen LogP contribution >= 0.6 is 0 Å². The van der Waals surface area contributed by atoms with E-state index in [-0.39, 0.29) is 0 Å². The first kappa shape index (κ1) is 17.3. The first-order valence-corrected chi connectivity index (χ1v) is 10.0. The summed E-state index contributed by atoms with van der Waals surface area (Å²) in [6.45, 7) is 7.67. The van der Waals surface area contributed by atoms with Crippen molar-refractivity contribution < 1.29 is 0 Å². The minimum Gasteiger partial charge on any atom is -0.344 e. The van der Waals surface area contributed by atoms with E-state index in [1.165, 1.54) is 16.3 Å². The molecule has 0 bridgehead atoms. The average Bonchev–Trinajstić information content (AvgIpc) is 3.31. The lowest BCUT2D eigenvalue weighted by Gasteiger charge is -2.09. The third kappa shape index (κ3) is 2.22. The maximum atomic E-state index is 9.76. The normalized spacial score (nSPS) is 11.3. The zero-order valence-corrected chi connectivity index (χ0v) is 16.8. The molecule has 0 N–H and O–H groups in total. The summed E-state index contributed by atoms with van der Waals surface area (Å²) in [5.41, 5.74) is 6.37. The SMILES string of the molecule is [C-]#[N+]c1cccc2c1c1c(C#N)cccc1n2-c1ccc2c3ccccc3n(C)c2c1. The number of aromatic nitrogens is 2. The first-order chi connectivity index (χ1) is 15.2. The molecule has 0 spiro atoms.